The Balaban J connectivity index is 2.30. The highest BCUT2D eigenvalue weighted by Gasteiger charge is 2.19. The van der Waals surface area contributed by atoms with Crippen LogP contribution >= 0.6 is 0 Å². The van der Waals surface area contributed by atoms with Crippen LogP contribution in [0.2, 0.25) is 0 Å². The summed E-state index contributed by atoms with van der Waals surface area (Å²) in [5.41, 5.74) is 5.73. The van der Waals surface area contributed by atoms with Crippen molar-refractivity contribution in [2.24, 2.45) is 5.73 Å². The van der Waals surface area contributed by atoms with Crippen molar-refractivity contribution in [3.05, 3.63) is 36.2 Å². The highest BCUT2D eigenvalue weighted by molar-refractivity contribution is 5.95. The molecule has 1 aromatic heterocycles. The molecule has 19 heavy (non-hydrogen) atoms. The fourth-order valence-electron chi connectivity index (χ4n) is 1.40. The third-order valence-electron chi connectivity index (χ3n) is 2.40. The lowest BCUT2D eigenvalue weighted by molar-refractivity contribution is -0.125. The van der Waals surface area contributed by atoms with Crippen LogP contribution in [0.3, 0.4) is 0 Å². The molecule has 1 amide bonds. The molecule has 0 saturated carbocycles. The average molecular weight is 261 g/mol. The highest BCUT2D eigenvalue weighted by atomic mass is 16.5. The summed E-state index contributed by atoms with van der Waals surface area (Å²) in [7, 11) is 0. The summed E-state index contributed by atoms with van der Waals surface area (Å²) in [6.07, 6.45) is 0.346. The van der Waals surface area contributed by atoms with Crippen molar-refractivity contribution in [3.8, 4) is 5.69 Å². The van der Waals surface area contributed by atoms with Gasteiger partial charge in [-0.1, -0.05) is 12.1 Å². The first-order chi connectivity index (χ1) is 9.09. The van der Waals surface area contributed by atoms with Crippen molar-refractivity contribution in [3.63, 3.8) is 0 Å². The summed E-state index contributed by atoms with van der Waals surface area (Å²) in [6, 6.07) is 6.60. The molecule has 2 N–H and O–H groups in total. The van der Waals surface area contributed by atoms with Crippen molar-refractivity contribution in [1.29, 1.82) is 0 Å². The number of amides is 1. The molecule has 8 nitrogen and oxygen atoms in total. The van der Waals surface area contributed by atoms with Gasteiger partial charge in [0.2, 0.25) is 0 Å². The van der Waals surface area contributed by atoms with Crippen LogP contribution in [-0.2, 0) is 9.53 Å². The number of carbonyl (C=O) groups is 2. The van der Waals surface area contributed by atoms with Gasteiger partial charge >= 0.3 is 5.97 Å². The second kappa shape index (κ2) is 5.25. The van der Waals surface area contributed by atoms with Gasteiger partial charge in [0.25, 0.3) is 5.91 Å². The van der Waals surface area contributed by atoms with Crippen LogP contribution in [0.15, 0.2) is 30.6 Å². The molecule has 98 valence electrons. The lowest BCUT2D eigenvalue weighted by atomic mass is 10.2. The molecule has 2 aromatic rings. The van der Waals surface area contributed by atoms with Crippen LogP contribution in [0.25, 0.3) is 5.69 Å². The first kappa shape index (κ1) is 12.7. The van der Waals surface area contributed by atoms with Crippen molar-refractivity contribution >= 4 is 11.9 Å². The van der Waals surface area contributed by atoms with Crippen molar-refractivity contribution in [1.82, 2.24) is 20.2 Å². The van der Waals surface area contributed by atoms with Gasteiger partial charge in [0.05, 0.1) is 11.3 Å². The number of nitrogens with two attached hydrogens (primary N) is 1. The van der Waals surface area contributed by atoms with Crippen molar-refractivity contribution in [2.45, 2.75) is 13.0 Å². The summed E-state index contributed by atoms with van der Waals surface area (Å²) >= 11 is 0. The first-order valence-corrected chi connectivity index (χ1v) is 5.42. The molecule has 0 bridgehead atoms. The first-order valence-electron chi connectivity index (χ1n) is 5.42. The molecule has 8 heteroatoms. The molecule has 2 rings (SSSR count). The number of hydrogen-bond donors (Lipinski definition) is 1. The fourth-order valence-corrected chi connectivity index (χ4v) is 1.40. The quantitative estimate of drug-likeness (QED) is 0.755. The lowest BCUT2D eigenvalue weighted by Crippen LogP contribution is -2.30. The van der Waals surface area contributed by atoms with Crippen LogP contribution < -0.4 is 5.73 Å². The maximum absolute atomic E-state index is 12.0. The molecule has 1 atom stereocenters. The van der Waals surface area contributed by atoms with E-state index in [4.69, 9.17) is 10.5 Å². The summed E-state index contributed by atoms with van der Waals surface area (Å²) < 4.78 is 6.27. The highest BCUT2D eigenvalue weighted by Crippen LogP contribution is 2.14. The van der Waals surface area contributed by atoms with Crippen molar-refractivity contribution < 1.29 is 14.3 Å². The number of ether oxygens (including phenoxy) is 1. The van der Waals surface area contributed by atoms with E-state index < -0.39 is 18.0 Å². The third kappa shape index (κ3) is 2.73. The topological polar surface area (TPSA) is 113 Å². The monoisotopic (exact) mass is 261 g/mol. The molecule has 0 aliphatic carbocycles. The molecule has 0 spiro atoms. The summed E-state index contributed by atoms with van der Waals surface area (Å²) in [6.45, 7) is 1.40. The summed E-state index contributed by atoms with van der Waals surface area (Å²) in [5.74, 6) is -1.38. The van der Waals surface area contributed by atoms with E-state index in [2.05, 4.69) is 15.5 Å². The Kier molecular flexibility index (Phi) is 3.51. The summed E-state index contributed by atoms with van der Waals surface area (Å²) in [4.78, 5) is 22.9. The number of hydrogen-bond acceptors (Lipinski definition) is 6. The van der Waals surface area contributed by atoms with Gasteiger partial charge < -0.3 is 10.5 Å². The Bertz CT molecular complexity index is 596. The molecule has 1 heterocycles. The van der Waals surface area contributed by atoms with Crippen LogP contribution in [0, 0.1) is 0 Å². The molecule has 0 unspecified atom stereocenters. The maximum atomic E-state index is 12.0. The molecule has 0 aliphatic rings. The summed E-state index contributed by atoms with van der Waals surface area (Å²) in [5, 5.41) is 10.7. The normalized spacial score (nSPS) is 11.8. The van der Waals surface area contributed by atoms with E-state index in [1.54, 1.807) is 24.3 Å². The predicted molar refractivity (Wildman–Crippen MR) is 63.2 cm³/mol. The number of esters is 1. The number of para-hydroxylation sites is 1. The number of rotatable bonds is 4. The second-order valence-electron chi connectivity index (χ2n) is 3.72. The van der Waals surface area contributed by atoms with Gasteiger partial charge in [0.15, 0.2) is 6.10 Å². The zero-order valence-corrected chi connectivity index (χ0v) is 10.1. The van der Waals surface area contributed by atoms with Crippen LogP contribution in [0.5, 0.6) is 0 Å². The van der Waals surface area contributed by atoms with E-state index in [9.17, 15) is 9.59 Å². The van der Waals surface area contributed by atoms with Gasteiger partial charge in [-0.3, -0.25) is 4.79 Å². The number of aromatic nitrogens is 4. The number of tetrazole rings is 1. The van der Waals surface area contributed by atoms with Gasteiger partial charge in [0, 0.05) is 0 Å². The molecule has 0 aliphatic heterocycles. The Morgan fingerprint density at radius 1 is 1.37 bits per heavy atom. The minimum atomic E-state index is -1.01. The number of nitrogens with zero attached hydrogens (tertiary/aromatic N) is 4. The molecule has 0 radical (unpaired) electrons. The standard InChI is InChI=1S/C11H11N5O3/c1-7(10(12)17)19-11(18)8-4-2-3-5-9(8)16-6-13-14-15-16/h2-7H,1H3,(H2,12,17)/t7-/m0/s1. The van der Waals surface area contributed by atoms with Gasteiger partial charge in [-0.25, -0.2) is 4.79 Å². The third-order valence-corrected chi connectivity index (χ3v) is 2.40. The largest absolute Gasteiger partial charge is 0.449 e. The van der Waals surface area contributed by atoms with Gasteiger partial charge in [-0.15, -0.1) is 5.10 Å². The molecule has 0 saturated heterocycles. The van der Waals surface area contributed by atoms with Crippen LogP contribution in [0.1, 0.15) is 17.3 Å². The maximum Gasteiger partial charge on any atom is 0.341 e. The Hall–Kier alpha value is -2.77. The average Bonchev–Trinajstić information content (AvgIpc) is 2.92. The van der Waals surface area contributed by atoms with Crippen LogP contribution in [0.4, 0.5) is 0 Å². The van der Waals surface area contributed by atoms with E-state index in [-0.39, 0.29) is 5.56 Å². The number of carbonyl (C=O) groups excluding carboxylic acids is 2. The van der Waals surface area contributed by atoms with Crippen LogP contribution in [-0.4, -0.2) is 38.2 Å². The van der Waals surface area contributed by atoms with E-state index in [0.717, 1.165) is 0 Å². The van der Waals surface area contributed by atoms with E-state index in [1.165, 1.54) is 17.9 Å². The van der Waals surface area contributed by atoms with Gasteiger partial charge in [0.1, 0.15) is 6.33 Å². The minimum absolute atomic E-state index is 0.239. The SMILES string of the molecule is C[C@H](OC(=O)c1ccccc1-n1cnnn1)C(N)=O. The smallest absolute Gasteiger partial charge is 0.341 e. The zero-order chi connectivity index (χ0) is 13.8. The van der Waals surface area contributed by atoms with E-state index in [1.807, 2.05) is 0 Å². The van der Waals surface area contributed by atoms with Gasteiger partial charge in [-0.05, 0) is 29.5 Å². The minimum Gasteiger partial charge on any atom is -0.449 e. The second-order valence-corrected chi connectivity index (χ2v) is 3.72. The van der Waals surface area contributed by atoms with E-state index >= 15 is 0 Å². The van der Waals surface area contributed by atoms with E-state index in [0.29, 0.717) is 5.69 Å². The number of benzene rings is 1. The lowest BCUT2D eigenvalue weighted by Gasteiger charge is -2.11. The molecular weight excluding hydrogens is 250 g/mol. The Morgan fingerprint density at radius 3 is 2.74 bits per heavy atom. The Morgan fingerprint density at radius 2 is 2.11 bits per heavy atom. The van der Waals surface area contributed by atoms with Gasteiger partial charge in [-0.2, -0.15) is 4.68 Å². The Labute approximate surface area is 108 Å². The zero-order valence-electron chi connectivity index (χ0n) is 10.1. The fraction of sp³-hybridized carbons (Fsp3) is 0.182. The molecular formula is C11H11N5O3. The predicted octanol–water partition coefficient (Wildman–Crippen LogP) is -0.307. The number of primary amides is 1. The molecule has 1 aromatic carbocycles. The van der Waals surface area contributed by atoms with Crippen molar-refractivity contribution in [2.75, 3.05) is 0 Å². The molecule has 0 fully saturated rings.